The number of rotatable bonds is 2. The SMILES string of the molecule is N#Cc1ccc(CN2CCC3(CC2)NC(=O)NC3=O)cc1. The van der Waals surface area contributed by atoms with E-state index in [0.29, 0.717) is 18.4 Å². The molecule has 0 saturated carbocycles. The molecule has 2 fully saturated rings. The van der Waals surface area contributed by atoms with Crippen molar-refractivity contribution in [3.05, 3.63) is 35.4 Å². The zero-order chi connectivity index (χ0) is 14.9. The summed E-state index contributed by atoms with van der Waals surface area (Å²) in [5.41, 5.74) is 1.09. The van der Waals surface area contributed by atoms with Crippen molar-refractivity contribution < 1.29 is 9.59 Å². The van der Waals surface area contributed by atoms with Crippen LogP contribution in [-0.2, 0) is 11.3 Å². The average Bonchev–Trinajstić information content (AvgIpc) is 2.76. The number of carbonyl (C=O) groups excluding carboxylic acids is 2. The number of nitriles is 1. The number of amides is 3. The van der Waals surface area contributed by atoms with Gasteiger partial charge in [-0.15, -0.1) is 0 Å². The van der Waals surface area contributed by atoms with Crippen molar-refractivity contribution in [3.63, 3.8) is 0 Å². The molecule has 0 radical (unpaired) electrons. The number of piperidine rings is 1. The van der Waals surface area contributed by atoms with Crippen LogP contribution in [0.15, 0.2) is 24.3 Å². The Hall–Kier alpha value is -2.39. The second-order valence-electron chi connectivity index (χ2n) is 5.58. The lowest BCUT2D eigenvalue weighted by atomic mass is 9.87. The van der Waals surface area contributed by atoms with Crippen LogP contribution in [-0.4, -0.2) is 35.5 Å². The van der Waals surface area contributed by atoms with E-state index >= 15 is 0 Å². The van der Waals surface area contributed by atoms with Crippen LogP contribution in [0.3, 0.4) is 0 Å². The lowest BCUT2D eigenvalue weighted by molar-refractivity contribution is -0.125. The van der Waals surface area contributed by atoms with Crippen LogP contribution in [0.2, 0.25) is 0 Å². The smallest absolute Gasteiger partial charge is 0.322 e. The standard InChI is InChI=1S/C15H16N4O2/c16-9-11-1-3-12(4-2-11)10-19-7-5-15(6-8-19)13(20)17-14(21)18-15/h1-4H,5-8,10H2,(H2,17,18,20,21). The van der Waals surface area contributed by atoms with Crippen LogP contribution < -0.4 is 10.6 Å². The van der Waals surface area contributed by atoms with E-state index in [1.807, 2.05) is 24.3 Å². The van der Waals surface area contributed by atoms with E-state index in [9.17, 15) is 9.59 Å². The lowest BCUT2D eigenvalue weighted by Gasteiger charge is -2.36. The molecule has 0 aromatic heterocycles. The predicted molar refractivity (Wildman–Crippen MR) is 75.1 cm³/mol. The van der Waals surface area contributed by atoms with E-state index in [0.717, 1.165) is 25.2 Å². The maximum atomic E-state index is 11.9. The van der Waals surface area contributed by atoms with Gasteiger partial charge >= 0.3 is 6.03 Å². The molecule has 21 heavy (non-hydrogen) atoms. The third-order valence-corrected chi connectivity index (χ3v) is 4.21. The fraction of sp³-hybridized carbons (Fsp3) is 0.400. The Labute approximate surface area is 122 Å². The minimum Gasteiger partial charge on any atom is -0.323 e. The van der Waals surface area contributed by atoms with Gasteiger partial charge in [0.15, 0.2) is 0 Å². The Morgan fingerprint density at radius 2 is 1.86 bits per heavy atom. The third kappa shape index (κ3) is 2.60. The number of urea groups is 1. The minimum absolute atomic E-state index is 0.203. The van der Waals surface area contributed by atoms with Crippen molar-refractivity contribution in [1.82, 2.24) is 15.5 Å². The van der Waals surface area contributed by atoms with Crippen LogP contribution >= 0.6 is 0 Å². The number of carbonyl (C=O) groups is 2. The summed E-state index contributed by atoms with van der Waals surface area (Å²) in [6.07, 6.45) is 1.25. The molecule has 2 heterocycles. The summed E-state index contributed by atoms with van der Waals surface area (Å²) in [6, 6.07) is 9.24. The fourth-order valence-corrected chi connectivity index (χ4v) is 2.92. The second kappa shape index (κ2) is 5.19. The van der Waals surface area contributed by atoms with E-state index in [4.69, 9.17) is 5.26 Å². The summed E-state index contributed by atoms with van der Waals surface area (Å²) in [7, 11) is 0. The van der Waals surface area contributed by atoms with Gasteiger partial charge in [-0.25, -0.2) is 4.79 Å². The zero-order valence-electron chi connectivity index (χ0n) is 11.6. The second-order valence-corrected chi connectivity index (χ2v) is 5.58. The van der Waals surface area contributed by atoms with Gasteiger partial charge in [0.05, 0.1) is 11.6 Å². The van der Waals surface area contributed by atoms with Gasteiger partial charge in [-0.05, 0) is 30.5 Å². The van der Waals surface area contributed by atoms with Crippen LogP contribution in [0.25, 0.3) is 0 Å². The molecule has 6 nitrogen and oxygen atoms in total. The number of nitrogens with one attached hydrogen (secondary N) is 2. The first-order chi connectivity index (χ1) is 10.1. The molecule has 2 N–H and O–H groups in total. The summed E-state index contributed by atoms with van der Waals surface area (Å²) in [6.45, 7) is 2.30. The molecule has 3 rings (SSSR count). The molecule has 0 bridgehead atoms. The number of benzene rings is 1. The molecule has 2 aliphatic rings. The lowest BCUT2D eigenvalue weighted by Crippen LogP contribution is -2.54. The van der Waals surface area contributed by atoms with Crippen LogP contribution in [0.5, 0.6) is 0 Å². The summed E-state index contributed by atoms with van der Waals surface area (Å²) >= 11 is 0. The van der Waals surface area contributed by atoms with Crippen molar-refractivity contribution in [2.75, 3.05) is 13.1 Å². The van der Waals surface area contributed by atoms with E-state index in [-0.39, 0.29) is 11.9 Å². The molecule has 108 valence electrons. The average molecular weight is 284 g/mol. The maximum absolute atomic E-state index is 11.9. The summed E-state index contributed by atoms with van der Waals surface area (Å²) in [5.74, 6) is -0.203. The van der Waals surface area contributed by atoms with E-state index in [1.165, 1.54) is 0 Å². The zero-order valence-corrected chi connectivity index (χ0v) is 11.6. The van der Waals surface area contributed by atoms with Crippen LogP contribution in [0.1, 0.15) is 24.0 Å². The minimum atomic E-state index is -0.710. The molecule has 2 saturated heterocycles. The Bertz CT molecular complexity index is 610. The highest BCUT2D eigenvalue weighted by molar-refractivity contribution is 6.07. The van der Waals surface area contributed by atoms with Crippen molar-refractivity contribution >= 4 is 11.9 Å². The molecule has 0 atom stereocenters. The van der Waals surface area contributed by atoms with Crippen LogP contribution in [0.4, 0.5) is 4.79 Å². The molecule has 1 spiro atoms. The third-order valence-electron chi connectivity index (χ3n) is 4.21. The largest absolute Gasteiger partial charge is 0.323 e. The molecule has 1 aromatic rings. The van der Waals surface area contributed by atoms with E-state index in [1.54, 1.807) is 0 Å². The fourth-order valence-electron chi connectivity index (χ4n) is 2.92. The monoisotopic (exact) mass is 284 g/mol. The number of likely N-dealkylation sites (tertiary alicyclic amines) is 1. The van der Waals surface area contributed by atoms with E-state index < -0.39 is 5.54 Å². The van der Waals surface area contributed by atoms with Gasteiger partial charge in [0.25, 0.3) is 5.91 Å². The van der Waals surface area contributed by atoms with Gasteiger partial charge in [0.1, 0.15) is 5.54 Å². The topological polar surface area (TPSA) is 85.2 Å². The highest BCUT2D eigenvalue weighted by Crippen LogP contribution is 2.26. The summed E-state index contributed by atoms with van der Waals surface area (Å²) in [5, 5.41) is 13.9. The first kappa shape index (κ1) is 13.6. The molecule has 6 heteroatoms. The Morgan fingerprint density at radius 3 is 2.38 bits per heavy atom. The van der Waals surface area contributed by atoms with Crippen LogP contribution in [0, 0.1) is 11.3 Å². The van der Waals surface area contributed by atoms with Crippen molar-refractivity contribution in [2.24, 2.45) is 0 Å². The first-order valence-electron chi connectivity index (χ1n) is 6.96. The molecule has 1 aromatic carbocycles. The van der Waals surface area contributed by atoms with Gasteiger partial charge in [-0.2, -0.15) is 5.26 Å². The Morgan fingerprint density at radius 1 is 1.19 bits per heavy atom. The van der Waals surface area contributed by atoms with Gasteiger partial charge < -0.3 is 5.32 Å². The van der Waals surface area contributed by atoms with Gasteiger partial charge in [0.2, 0.25) is 0 Å². The van der Waals surface area contributed by atoms with Crippen molar-refractivity contribution in [2.45, 2.75) is 24.9 Å². The molecule has 3 amide bonds. The number of nitrogens with zero attached hydrogens (tertiary/aromatic N) is 2. The molecule has 2 aliphatic heterocycles. The van der Waals surface area contributed by atoms with E-state index in [2.05, 4.69) is 21.6 Å². The van der Waals surface area contributed by atoms with Gasteiger partial charge in [-0.3, -0.25) is 15.0 Å². The normalized spacial score (nSPS) is 20.9. The number of hydrogen-bond acceptors (Lipinski definition) is 4. The Balaban J connectivity index is 1.60. The summed E-state index contributed by atoms with van der Waals surface area (Å²) in [4.78, 5) is 25.4. The highest BCUT2D eigenvalue weighted by Gasteiger charge is 2.47. The number of imide groups is 1. The Kier molecular flexibility index (Phi) is 3.35. The van der Waals surface area contributed by atoms with Gasteiger partial charge in [0, 0.05) is 19.6 Å². The van der Waals surface area contributed by atoms with Gasteiger partial charge in [-0.1, -0.05) is 12.1 Å². The molecule has 0 aliphatic carbocycles. The summed E-state index contributed by atoms with van der Waals surface area (Å²) < 4.78 is 0. The quantitative estimate of drug-likeness (QED) is 0.784. The highest BCUT2D eigenvalue weighted by atomic mass is 16.2. The molecular formula is C15H16N4O2. The molecule has 0 unspecified atom stereocenters. The van der Waals surface area contributed by atoms with Crippen molar-refractivity contribution in [3.8, 4) is 6.07 Å². The predicted octanol–water partition coefficient (Wildman–Crippen LogP) is 0.732. The number of hydrogen-bond donors (Lipinski definition) is 2. The maximum Gasteiger partial charge on any atom is 0.322 e. The van der Waals surface area contributed by atoms with Crippen molar-refractivity contribution in [1.29, 1.82) is 5.26 Å². The molecular weight excluding hydrogens is 268 g/mol. The first-order valence-corrected chi connectivity index (χ1v) is 6.96.